The minimum atomic E-state index is -1.26. The maximum Gasteiger partial charge on any atom is 0.208 e. The summed E-state index contributed by atoms with van der Waals surface area (Å²) in [4.78, 5) is 12.6. The number of nitrogens with zero attached hydrogens (tertiary/aromatic N) is 4. The van der Waals surface area contributed by atoms with Gasteiger partial charge in [-0.3, -0.25) is 4.57 Å². The van der Waals surface area contributed by atoms with Crippen LogP contribution in [0.4, 0.5) is 5.82 Å². The molecule has 1 saturated heterocycles. The van der Waals surface area contributed by atoms with Crippen molar-refractivity contribution in [1.29, 1.82) is 0 Å². The van der Waals surface area contributed by atoms with Crippen molar-refractivity contribution < 1.29 is 25.2 Å². The number of aliphatic hydroxyl groups excluding tert-OH is 3. The lowest BCUT2D eigenvalue weighted by atomic mass is 10.1. The van der Waals surface area contributed by atoms with Crippen molar-refractivity contribution in [3.05, 3.63) is 12.2 Å². The standard InChI is InChI=1S/C17H21N5O5/c18-14-11-15(21-10(20-14)3-1-2-4-17(26)5-6-17)22(8-19-11)16-13(25)12(24)9(7-23)27-16/h8-9,12-13,16,23-26H,2,4-7H2,(H2,18,20,21)/t9-,12-,13-,16-/m1/s1. The Labute approximate surface area is 154 Å². The van der Waals surface area contributed by atoms with Crippen molar-refractivity contribution in [3.63, 3.8) is 0 Å². The molecule has 3 heterocycles. The minimum Gasteiger partial charge on any atom is -0.394 e. The number of nitrogens with two attached hydrogens (primary N) is 1. The largest absolute Gasteiger partial charge is 0.394 e. The molecule has 27 heavy (non-hydrogen) atoms. The lowest BCUT2D eigenvalue weighted by Gasteiger charge is -2.16. The number of hydrogen-bond donors (Lipinski definition) is 5. The number of nitrogen functional groups attached to an aromatic ring is 1. The third-order valence-electron chi connectivity index (χ3n) is 4.98. The number of hydrogen-bond acceptors (Lipinski definition) is 9. The van der Waals surface area contributed by atoms with Crippen LogP contribution in [0.2, 0.25) is 0 Å². The summed E-state index contributed by atoms with van der Waals surface area (Å²) in [6.07, 6.45) is -0.231. The normalized spacial score (nSPS) is 28.9. The van der Waals surface area contributed by atoms with E-state index in [0.717, 1.165) is 12.8 Å². The fourth-order valence-electron chi connectivity index (χ4n) is 3.12. The minimum absolute atomic E-state index is 0.135. The average molecular weight is 375 g/mol. The van der Waals surface area contributed by atoms with E-state index < -0.39 is 36.7 Å². The molecule has 2 aromatic heterocycles. The Morgan fingerprint density at radius 2 is 2.07 bits per heavy atom. The zero-order valence-corrected chi connectivity index (χ0v) is 14.5. The molecule has 2 aliphatic rings. The number of anilines is 1. The Bertz CT molecular complexity index is 916. The van der Waals surface area contributed by atoms with Crippen molar-refractivity contribution in [2.24, 2.45) is 0 Å². The molecular weight excluding hydrogens is 354 g/mol. The fourth-order valence-corrected chi connectivity index (χ4v) is 3.12. The summed E-state index contributed by atoms with van der Waals surface area (Å²) in [5.74, 6) is 6.08. The van der Waals surface area contributed by atoms with Crippen molar-refractivity contribution in [2.45, 2.75) is 55.8 Å². The first-order chi connectivity index (χ1) is 12.9. The second-order valence-electron chi connectivity index (χ2n) is 7.01. The summed E-state index contributed by atoms with van der Waals surface area (Å²) in [6.45, 7) is -0.429. The molecule has 1 saturated carbocycles. The second kappa shape index (κ2) is 6.70. The predicted octanol–water partition coefficient (Wildman–Crippen LogP) is -1.32. The van der Waals surface area contributed by atoms with Crippen LogP contribution in [0.25, 0.3) is 11.2 Å². The van der Waals surface area contributed by atoms with Gasteiger partial charge in [-0.05, 0) is 25.2 Å². The summed E-state index contributed by atoms with van der Waals surface area (Å²) in [7, 11) is 0. The van der Waals surface area contributed by atoms with E-state index in [1.807, 2.05) is 0 Å². The van der Waals surface area contributed by atoms with Crippen LogP contribution in [0, 0.1) is 11.8 Å². The number of fused-ring (bicyclic) bond motifs is 1. The van der Waals surface area contributed by atoms with Crippen LogP contribution in [0.1, 0.15) is 37.7 Å². The van der Waals surface area contributed by atoms with E-state index in [1.54, 1.807) is 0 Å². The van der Waals surface area contributed by atoms with Crippen LogP contribution in [0.5, 0.6) is 0 Å². The molecule has 0 unspecified atom stereocenters. The van der Waals surface area contributed by atoms with Crippen molar-refractivity contribution >= 4 is 17.0 Å². The number of aromatic nitrogens is 4. The summed E-state index contributed by atoms with van der Waals surface area (Å²) >= 11 is 0. The Kier molecular flexibility index (Phi) is 4.49. The van der Waals surface area contributed by atoms with E-state index >= 15 is 0 Å². The van der Waals surface area contributed by atoms with E-state index in [-0.39, 0.29) is 11.6 Å². The van der Waals surface area contributed by atoms with Crippen LogP contribution in [-0.4, -0.2) is 70.5 Å². The van der Waals surface area contributed by atoms with Gasteiger partial charge in [-0.1, -0.05) is 5.92 Å². The molecule has 10 heteroatoms. The number of aliphatic hydroxyl groups is 4. The van der Waals surface area contributed by atoms with Crippen LogP contribution >= 0.6 is 0 Å². The molecule has 0 aromatic carbocycles. The van der Waals surface area contributed by atoms with Gasteiger partial charge >= 0.3 is 0 Å². The van der Waals surface area contributed by atoms with Crippen molar-refractivity contribution in [1.82, 2.24) is 19.5 Å². The monoisotopic (exact) mass is 375 g/mol. The highest BCUT2D eigenvalue weighted by Crippen LogP contribution is 2.39. The molecule has 4 rings (SSSR count). The first kappa shape index (κ1) is 18.1. The molecule has 0 spiro atoms. The highest BCUT2D eigenvalue weighted by Gasteiger charge is 2.44. The van der Waals surface area contributed by atoms with Crippen LogP contribution in [0.3, 0.4) is 0 Å². The van der Waals surface area contributed by atoms with Gasteiger partial charge in [0, 0.05) is 6.42 Å². The van der Waals surface area contributed by atoms with E-state index in [9.17, 15) is 20.4 Å². The average Bonchev–Trinajstić information content (AvgIpc) is 3.11. The Morgan fingerprint density at radius 1 is 1.30 bits per heavy atom. The molecule has 2 fully saturated rings. The van der Waals surface area contributed by atoms with Crippen molar-refractivity contribution in [2.75, 3.05) is 12.3 Å². The Hall–Kier alpha value is -2.29. The molecule has 1 aliphatic heterocycles. The molecule has 0 amide bonds. The molecule has 2 aromatic rings. The summed E-state index contributed by atoms with van der Waals surface area (Å²) in [5, 5.41) is 39.2. The summed E-state index contributed by atoms with van der Waals surface area (Å²) in [6, 6.07) is 0. The molecule has 0 bridgehead atoms. The van der Waals surface area contributed by atoms with Gasteiger partial charge in [0.05, 0.1) is 18.5 Å². The first-order valence-electron chi connectivity index (χ1n) is 8.76. The quantitative estimate of drug-likeness (QED) is 0.408. The molecule has 6 N–H and O–H groups in total. The first-order valence-corrected chi connectivity index (χ1v) is 8.76. The van der Waals surface area contributed by atoms with Gasteiger partial charge < -0.3 is 30.9 Å². The third-order valence-corrected chi connectivity index (χ3v) is 4.98. The van der Waals surface area contributed by atoms with Gasteiger partial charge in [0.25, 0.3) is 0 Å². The van der Waals surface area contributed by atoms with E-state index in [2.05, 4.69) is 26.8 Å². The number of imidazole rings is 1. The van der Waals surface area contributed by atoms with Gasteiger partial charge in [-0.2, -0.15) is 0 Å². The fraction of sp³-hybridized carbons (Fsp3) is 0.588. The highest BCUT2D eigenvalue weighted by atomic mass is 16.6. The van der Waals surface area contributed by atoms with E-state index in [1.165, 1.54) is 10.9 Å². The molecule has 10 nitrogen and oxygen atoms in total. The second-order valence-corrected chi connectivity index (χ2v) is 7.01. The summed E-state index contributed by atoms with van der Waals surface area (Å²) < 4.78 is 6.96. The maximum absolute atomic E-state index is 10.2. The lowest BCUT2D eigenvalue weighted by Crippen LogP contribution is -2.33. The molecule has 1 aliphatic carbocycles. The smallest absolute Gasteiger partial charge is 0.208 e. The van der Waals surface area contributed by atoms with Gasteiger partial charge in [0.1, 0.15) is 23.8 Å². The maximum atomic E-state index is 10.2. The van der Waals surface area contributed by atoms with Crippen LogP contribution < -0.4 is 5.73 Å². The lowest BCUT2D eigenvalue weighted by molar-refractivity contribution is -0.0511. The molecule has 4 atom stereocenters. The van der Waals surface area contributed by atoms with Gasteiger partial charge in [0.2, 0.25) is 5.82 Å². The highest BCUT2D eigenvalue weighted by molar-refractivity contribution is 5.82. The third kappa shape index (κ3) is 3.36. The van der Waals surface area contributed by atoms with Crippen LogP contribution in [0.15, 0.2) is 6.33 Å². The number of ether oxygens (including phenoxy) is 1. The van der Waals surface area contributed by atoms with E-state index in [0.29, 0.717) is 24.0 Å². The number of rotatable bonds is 4. The van der Waals surface area contributed by atoms with E-state index in [4.69, 9.17) is 10.5 Å². The molecule has 0 radical (unpaired) electrons. The summed E-state index contributed by atoms with van der Waals surface area (Å²) in [5.41, 5.74) is 6.01. The zero-order valence-electron chi connectivity index (χ0n) is 14.5. The van der Waals surface area contributed by atoms with Crippen molar-refractivity contribution in [3.8, 4) is 11.8 Å². The molecular formula is C17H21N5O5. The zero-order chi connectivity index (χ0) is 19.2. The van der Waals surface area contributed by atoms with Crippen LogP contribution in [-0.2, 0) is 4.74 Å². The van der Waals surface area contributed by atoms with Gasteiger partial charge in [0.15, 0.2) is 17.7 Å². The SMILES string of the molecule is Nc1nc(C#CCCC2(O)CC2)nc2c1ncn2[C@@H]1O[C@H](CO)[C@@H](O)[C@H]1O. The van der Waals surface area contributed by atoms with Gasteiger partial charge in [-0.15, -0.1) is 0 Å². The predicted molar refractivity (Wildman–Crippen MR) is 93.0 cm³/mol. The Morgan fingerprint density at radius 3 is 2.74 bits per heavy atom. The Balaban J connectivity index is 1.61. The topological polar surface area (TPSA) is 160 Å². The van der Waals surface area contributed by atoms with Gasteiger partial charge in [-0.25, -0.2) is 15.0 Å². The molecule has 144 valence electrons.